The molecule has 0 aliphatic heterocycles. The Morgan fingerprint density at radius 1 is 1.12 bits per heavy atom. The van der Waals surface area contributed by atoms with Crippen LogP contribution in [-0.4, -0.2) is 19.6 Å². The molecule has 0 fully saturated rings. The number of carbonyl (C=O) groups excluding carboxylic acids is 1. The summed E-state index contributed by atoms with van der Waals surface area (Å²) in [5.74, 6) is 1.36. The predicted octanol–water partition coefficient (Wildman–Crippen LogP) is 6.13. The monoisotopic (exact) mass is 568 g/mol. The molecule has 0 heterocycles. The van der Waals surface area contributed by atoms with Gasteiger partial charge in [-0.1, -0.05) is 29.8 Å². The second kappa shape index (κ2) is 12.1. The van der Waals surface area contributed by atoms with Crippen molar-refractivity contribution < 1.29 is 19.0 Å². The Labute approximate surface area is 213 Å². The fourth-order valence-electron chi connectivity index (χ4n) is 3.22. The van der Waals surface area contributed by atoms with Crippen LogP contribution in [0, 0.1) is 21.8 Å². The summed E-state index contributed by atoms with van der Waals surface area (Å²) >= 11 is 2.17. The Bertz CT molecular complexity index is 1230. The van der Waals surface area contributed by atoms with Crippen molar-refractivity contribution in [3.05, 3.63) is 86.5 Å². The van der Waals surface area contributed by atoms with E-state index in [-0.39, 0.29) is 5.57 Å². The van der Waals surface area contributed by atoms with E-state index in [4.69, 9.17) is 14.2 Å². The summed E-state index contributed by atoms with van der Waals surface area (Å²) in [7, 11) is 1.57. The fourth-order valence-corrected chi connectivity index (χ4v) is 4.00. The summed E-state index contributed by atoms with van der Waals surface area (Å²) in [4.78, 5) is 12.7. The highest BCUT2D eigenvalue weighted by molar-refractivity contribution is 14.1. The van der Waals surface area contributed by atoms with Gasteiger partial charge >= 0.3 is 0 Å². The molecule has 7 heteroatoms. The molecule has 0 atom stereocenters. The van der Waals surface area contributed by atoms with E-state index in [2.05, 4.69) is 34.0 Å². The van der Waals surface area contributed by atoms with Crippen LogP contribution in [0.3, 0.4) is 0 Å². The van der Waals surface area contributed by atoms with E-state index >= 15 is 0 Å². The number of carbonyl (C=O) groups is 1. The molecule has 6 nitrogen and oxygen atoms in total. The molecule has 3 aromatic rings. The van der Waals surface area contributed by atoms with E-state index in [1.165, 1.54) is 11.6 Å². The minimum atomic E-state index is -0.500. The molecule has 0 aliphatic carbocycles. The van der Waals surface area contributed by atoms with Gasteiger partial charge in [0.25, 0.3) is 5.91 Å². The average Bonchev–Trinajstić information content (AvgIpc) is 2.82. The maximum Gasteiger partial charge on any atom is 0.266 e. The van der Waals surface area contributed by atoms with Gasteiger partial charge in [-0.15, -0.1) is 0 Å². The molecule has 0 unspecified atom stereocenters. The zero-order valence-corrected chi connectivity index (χ0v) is 21.4. The zero-order chi connectivity index (χ0) is 24.5. The van der Waals surface area contributed by atoms with Crippen molar-refractivity contribution in [3.63, 3.8) is 0 Å². The number of hydrogen-bond acceptors (Lipinski definition) is 5. The van der Waals surface area contributed by atoms with Crippen molar-refractivity contribution in [3.8, 4) is 23.3 Å². The van der Waals surface area contributed by atoms with Crippen LogP contribution in [0.15, 0.2) is 66.2 Å². The number of methoxy groups -OCH3 is 1. The molecule has 0 aliphatic rings. The first-order valence-corrected chi connectivity index (χ1v) is 11.7. The van der Waals surface area contributed by atoms with Gasteiger partial charge in [-0.3, -0.25) is 4.79 Å². The third-order valence-corrected chi connectivity index (χ3v) is 5.62. The number of aryl methyl sites for hydroxylation is 1. The van der Waals surface area contributed by atoms with Crippen LogP contribution >= 0.6 is 22.6 Å². The summed E-state index contributed by atoms with van der Waals surface area (Å²) < 4.78 is 17.8. The van der Waals surface area contributed by atoms with Gasteiger partial charge in [0.05, 0.1) is 17.3 Å². The van der Waals surface area contributed by atoms with Crippen LogP contribution in [-0.2, 0) is 11.4 Å². The van der Waals surface area contributed by atoms with E-state index in [1.807, 2.05) is 44.2 Å². The molecule has 0 bridgehead atoms. The van der Waals surface area contributed by atoms with Crippen molar-refractivity contribution >= 4 is 40.3 Å². The van der Waals surface area contributed by atoms with Gasteiger partial charge in [-0.25, -0.2) is 0 Å². The van der Waals surface area contributed by atoms with E-state index in [1.54, 1.807) is 37.4 Å². The lowest BCUT2D eigenvalue weighted by atomic mass is 10.1. The molecule has 0 radical (unpaired) electrons. The summed E-state index contributed by atoms with van der Waals surface area (Å²) in [6.45, 7) is 4.79. The maximum atomic E-state index is 12.7. The lowest BCUT2D eigenvalue weighted by molar-refractivity contribution is -0.112. The Hall–Kier alpha value is -3.51. The van der Waals surface area contributed by atoms with Gasteiger partial charge in [0, 0.05) is 5.69 Å². The molecule has 174 valence electrons. The second-order valence-electron chi connectivity index (χ2n) is 7.39. The Morgan fingerprint density at radius 2 is 1.88 bits per heavy atom. The highest BCUT2D eigenvalue weighted by Crippen LogP contribution is 2.35. The van der Waals surface area contributed by atoms with Crippen LogP contribution in [0.2, 0.25) is 0 Å². The van der Waals surface area contributed by atoms with Crippen LogP contribution in [0.25, 0.3) is 6.08 Å². The summed E-state index contributed by atoms with van der Waals surface area (Å²) in [6.07, 6.45) is 1.54. The maximum absolute atomic E-state index is 12.7. The molecule has 1 N–H and O–H groups in total. The molecule has 3 aromatic carbocycles. The third-order valence-electron chi connectivity index (χ3n) is 4.82. The van der Waals surface area contributed by atoms with Crippen LogP contribution in [0.4, 0.5) is 5.69 Å². The largest absolute Gasteiger partial charge is 0.497 e. The normalized spacial score (nSPS) is 10.9. The van der Waals surface area contributed by atoms with E-state index in [0.29, 0.717) is 41.7 Å². The van der Waals surface area contributed by atoms with Gasteiger partial charge < -0.3 is 19.5 Å². The minimum absolute atomic E-state index is 0.0255. The second-order valence-corrected chi connectivity index (χ2v) is 8.56. The van der Waals surface area contributed by atoms with Crippen LogP contribution < -0.4 is 19.5 Å². The van der Waals surface area contributed by atoms with E-state index < -0.39 is 5.91 Å². The van der Waals surface area contributed by atoms with Gasteiger partial charge in [-0.05, 0) is 90.0 Å². The number of anilines is 1. The topological polar surface area (TPSA) is 80.6 Å². The van der Waals surface area contributed by atoms with Gasteiger partial charge in [0.15, 0.2) is 11.5 Å². The quantitative estimate of drug-likeness (QED) is 0.191. The summed E-state index contributed by atoms with van der Waals surface area (Å²) in [5.41, 5.74) is 3.43. The smallest absolute Gasteiger partial charge is 0.266 e. The molecule has 3 rings (SSSR count). The van der Waals surface area contributed by atoms with Gasteiger partial charge in [0.1, 0.15) is 24.0 Å². The number of benzene rings is 3. The van der Waals surface area contributed by atoms with Crippen molar-refractivity contribution in [2.75, 3.05) is 19.0 Å². The standard InChI is InChI=1S/C27H25IN2O4/c1-4-33-25-15-20(14-24(28)26(25)34-17-19-7-5-6-18(2)12-19)13-21(16-29)27(31)30-22-8-10-23(32-3)11-9-22/h5-15H,4,17H2,1-3H3,(H,30,31)/b21-13+. The summed E-state index contributed by atoms with van der Waals surface area (Å²) in [5, 5.41) is 12.3. The van der Waals surface area contributed by atoms with Crippen molar-refractivity contribution in [2.24, 2.45) is 0 Å². The number of halogens is 1. The molecule has 34 heavy (non-hydrogen) atoms. The number of rotatable bonds is 9. The lowest BCUT2D eigenvalue weighted by Crippen LogP contribution is -2.13. The Morgan fingerprint density at radius 3 is 2.53 bits per heavy atom. The van der Waals surface area contributed by atoms with E-state index in [9.17, 15) is 10.1 Å². The number of amides is 1. The first-order valence-electron chi connectivity index (χ1n) is 10.7. The molecular weight excluding hydrogens is 543 g/mol. The number of hydrogen-bond donors (Lipinski definition) is 1. The zero-order valence-electron chi connectivity index (χ0n) is 19.2. The SMILES string of the molecule is CCOc1cc(/C=C(\C#N)C(=O)Nc2ccc(OC)cc2)cc(I)c1OCc1cccc(C)c1. The Balaban J connectivity index is 1.82. The van der Waals surface area contributed by atoms with Gasteiger partial charge in [0.2, 0.25) is 0 Å². The molecule has 0 aromatic heterocycles. The van der Waals surface area contributed by atoms with Crippen LogP contribution in [0.5, 0.6) is 17.2 Å². The predicted molar refractivity (Wildman–Crippen MR) is 141 cm³/mol. The molecule has 1 amide bonds. The van der Waals surface area contributed by atoms with E-state index in [0.717, 1.165) is 9.13 Å². The number of nitriles is 1. The Kier molecular flexibility index (Phi) is 8.93. The molecule has 0 saturated heterocycles. The summed E-state index contributed by atoms with van der Waals surface area (Å²) in [6, 6.07) is 20.6. The third kappa shape index (κ3) is 6.75. The number of ether oxygens (including phenoxy) is 3. The average molecular weight is 568 g/mol. The molecule has 0 saturated carbocycles. The van der Waals surface area contributed by atoms with Crippen molar-refractivity contribution in [2.45, 2.75) is 20.5 Å². The molecular formula is C27H25IN2O4. The minimum Gasteiger partial charge on any atom is -0.497 e. The highest BCUT2D eigenvalue weighted by atomic mass is 127. The first-order chi connectivity index (χ1) is 16.4. The lowest BCUT2D eigenvalue weighted by Gasteiger charge is -2.15. The number of nitrogens with zero attached hydrogens (tertiary/aromatic N) is 1. The van der Waals surface area contributed by atoms with Crippen molar-refractivity contribution in [1.82, 2.24) is 0 Å². The van der Waals surface area contributed by atoms with Crippen molar-refractivity contribution in [1.29, 1.82) is 5.26 Å². The van der Waals surface area contributed by atoms with Crippen LogP contribution in [0.1, 0.15) is 23.6 Å². The van der Waals surface area contributed by atoms with Gasteiger partial charge in [-0.2, -0.15) is 5.26 Å². The fraction of sp³-hybridized carbons (Fsp3) is 0.185. The first kappa shape index (κ1) is 25.1. The molecule has 0 spiro atoms. The number of nitrogens with one attached hydrogen (secondary N) is 1. The highest BCUT2D eigenvalue weighted by Gasteiger charge is 2.15.